The number of carbonyl (C=O) groups excluding carboxylic acids is 2. The van der Waals surface area contributed by atoms with Crippen molar-refractivity contribution in [3.63, 3.8) is 0 Å². The predicted octanol–water partition coefficient (Wildman–Crippen LogP) is 2.01. The molecule has 0 aliphatic heterocycles. The third kappa shape index (κ3) is 4.56. The summed E-state index contributed by atoms with van der Waals surface area (Å²) in [5.74, 6) is -0.367. The second-order valence-corrected chi connectivity index (χ2v) is 5.44. The van der Waals surface area contributed by atoms with Gasteiger partial charge < -0.3 is 16.0 Å². The number of nitrogens with two attached hydrogens (primary N) is 1. The molecule has 5 nitrogen and oxygen atoms in total. The molecule has 0 saturated heterocycles. The zero-order valence-corrected chi connectivity index (χ0v) is 13.3. The quantitative estimate of drug-likeness (QED) is 0.842. The van der Waals surface area contributed by atoms with Gasteiger partial charge in [0.1, 0.15) is 0 Å². The van der Waals surface area contributed by atoms with Gasteiger partial charge in [-0.15, -0.1) is 0 Å². The lowest BCUT2D eigenvalue weighted by atomic mass is 10.0. The van der Waals surface area contributed by atoms with Gasteiger partial charge in [-0.1, -0.05) is 19.4 Å². The van der Waals surface area contributed by atoms with Crippen molar-refractivity contribution in [2.45, 2.75) is 26.7 Å². The molecule has 5 heteroatoms. The van der Waals surface area contributed by atoms with Crippen LogP contribution in [0.2, 0.25) is 0 Å². The molecule has 1 aromatic rings. The second-order valence-electron chi connectivity index (χ2n) is 5.44. The summed E-state index contributed by atoms with van der Waals surface area (Å²) in [6, 6.07) is 5.32. The van der Waals surface area contributed by atoms with E-state index in [1.807, 2.05) is 19.9 Å². The summed E-state index contributed by atoms with van der Waals surface area (Å²) < 4.78 is 0. The Morgan fingerprint density at radius 2 is 2.00 bits per heavy atom. The van der Waals surface area contributed by atoms with Gasteiger partial charge in [0.25, 0.3) is 5.91 Å². The largest absolute Gasteiger partial charge is 0.345 e. The molecular formula is C16H25N3O2. The standard InChI is InChI=1S/C16H25N3O2/c1-5-6-13(10-17)15(20)18-14-9-12(8-7-11(14)2)16(21)19(3)4/h7-9,13H,5-6,10,17H2,1-4H3,(H,18,20). The van der Waals surface area contributed by atoms with E-state index in [0.29, 0.717) is 17.8 Å². The number of nitrogens with zero attached hydrogens (tertiary/aromatic N) is 1. The van der Waals surface area contributed by atoms with Gasteiger partial charge in [-0.25, -0.2) is 0 Å². The van der Waals surface area contributed by atoms with Gasteiger partial charge in [0.05, 0.1) is 5.92 Å². The van der Waals surface area contributed by atoms with Crippen LogP contribution in [-0.4, -0.2) is 37.4 Å². The van der Waals surface area contributed by atoms with E-state index in [9.17, 15) is 9.59 Å². The van der Waals surface area contributed by atoms with E-state index in [1.165, 1.54) is 4.90 Å². The molecule has 21 heavy (non-hydrogen) atoms. The average Bonchev–Trinajstić information content (AvgIpc) is 2.45. The van der Waals surface area contributed by atoms with E-state index < -0.39 is 0 Å². The van der Waals surface area contributed by atoms with Crippen LogP contribution >= 0.6 is 0 Å². The van der Waals surface area contributed by atoms with Gasteiger partial charge in [0.15, 0.2) is 0 Å². The molecule has 2 amide bonds. The van der Waals surface area contributed by atoms with Crippen LogP contribution in [-0.2, 0) is 4.79 Å². The minimum Gasteiger partial charge on any atom is -0.345 e. The van der Waals surface area contributed by atoms with Crippen molar-refractivity contribution in [3.05, 3.63) is 29.3 Å². The van der Waals surface area contributed by atoms with Crippen LogP contribution in [0.4, 0.5) is 5.69 Å². The van der Waals surface area contributed by atoms with Crippen LogP contribution in [0.15, 0.2) is 18.2 Å². The van der Waals surface area contributed by atoms with Gasteiger partial charge in [-0.2, -0.15) is 0 Å². The average molecular weight is 291 g/mol. The highest BCUT2D eigenvalue weighted by atomic mass is 16.2. The van der Waals surface area contributed by atoms with Crippen LogP contribution in [0.5, 0.6) is 0 Å². The summed E-state index contributed by atoms with van der Waals surface area (Å²) in [4.78, 5) is 25.7. The van der Waals surface area contributed by atoms with Gasteiger partial charge in [-0.05, 0) is 31.0 Å². The summed E-state index contributed by atoms with van der Waals surface area (Å²) in [5.41, 5.74) is 7.79. The lowest BCUT2D eigenvalue weighted by Crippen LogP contribution is -2.29. The fourth-order valence-corrected chi connectivity index (χ4v) is 2.09. The van der Waals surface area contributed by atoms with Gasteiger partial charge in [0, 0.05) is 31.9 Å². The molecule has 0 fully saturated rings. The van der Waals surface area contributed by atoms with Crippen LogP contribution in [0.3, 0.4) is 0 Å². The number of amides is 2. The fraction of sp³-hybridized carbons (Fsp3) is 0.500. The molecule has 0 aromatic heterocycles. The Balaban J connectivity index is 2.94. The lowest BCUT2D eigenvalue weighted by Gasteiger charge is -2.17. The van der Waals surface area contributed by atoms with Crippen LogP contribution in [0.25, 0.3) is 0 Å². The Hall–Kier alpha value is -1.88. The van der Waals surface area contributed by atoms with E-state index in [1.54, 1.807) is 26.2 Å². The van der Waals surface area contributed by atoms with Crippen molar-refractivity contribution in [3.8, 4) is 0 Å². The highest BCUT2D eigenvalue weighted by molar-refractivity contribution is 5.98. The first kappa shape index (κ1) is 17.2. The van der Waals surface area contributed by atoms with E-state index in [-0.39, 0.29) is 17.7 Å². The Bertz CT molecular complexity index is 512. The van der Waals surface area contributed by atoms with Crippen molar-refractivity contribution in [2.24, 2.45) is 11.7 Å². The van der Waals surface area contributed by atoms with E-state index in [0.717, 1.165) is 18.4 Å². The smallest absolute Gasteiger partial charge is 0.253 e. The number of aryl methyl sites for hydroxylation is 1. The number of rotatable bonds is 6. The monoisotopic (exact) mass is 291 g/mol. The summed E-state index contributed by atoms with van der Waals surface area (Å²) in [6.45, 7) is 4.25. The molecule has 0 heterocycles. The molecule has 0 radical (unpaired) electrons. The Morgan fingerprint density at radius 1 is 1.33 bits per heavy atom. The van der Waals surface area contributed by atoms with E-state index >= 15 is 0 Å². The second kappa shape index (κ2) is 7.78. The molecule has 0 aliphatic carbocycles. The van der Waals surface area contributed by atoms with Crippen molar-refractivity contribution in [1.82, 2.24) is 4.90 Å². The SMILES string of the molecule is CCCC(CN)C(=O)Nc1cc(C(=O)N(C)C)ccc1C. The highest BCUT2D eigenvalue weighted by Gasteiger charge is 2.17. The van der Waals surface area contributed by atoms with Gasteiger partial charge in [-0.3, -0.25) is 9.59 Å². The number of hydrogen-bond donors (Lipinski definition) is 2. The molecule has 0 spiro atoms. The molecule has 116 valence electrons. The highest BCUT2D eigenvalue weighted by Crippen LogP contribution is 2.19. The van der Waals surface area contributed by atoms with E-state index in [2.05, 4.69) is 5.32 Å². The van der Waals surface area contributed by atoms with Crippen molar-refractivity contribution >= 4 is 17.5 Å². The normalized spacial score (nSPS) is 11.9. The number of anilines is 1. The van der Waals surface area contributed by atoms with Gasteiger partial charge in [0.2, 0.25) is 5.91 Å². The first-order valence-corrected chi connectivity index (χ1v) is 7.23. The van der Waals surface area contributed by atoms with E-state index in [4.69, 9.17) is 5.73 Å². The Morgan fingerprint density at radius 3 is 2.52 bits per heavy atom. The predicted molar refractivity (Wildman–Crippen MR) is 85.3 cm³/mol. The number of nitrogens with one attached hydrogen (secondary N) is 1. The first-order chi connectivity index (χ1) is 9.90. The fourth-order valence-electron chi connectivity index (χ4n) is 2.09. The minimum absolute atomic E-state index is 0.0862. The molecule has 1 rings (SSSR count). The van der Waals surface area contributed by atoms with Crippen molar-refractivity contribution < 1.29 is 9.59 Å². The molecule has 0 saturated carbocycles. The van der Waals surface area contributed by atoms with Crippen molar-refractivity contribution in [2.75, 3.05) is 26.0 Å². The molecule has 1 unspecified atom stereocenters. The minimum atomic E-state index is -0.192. The van der Waals surface area contributed by atoms with Crippen LogP contribution < -0.4 is 11.1 Å². The number of hydrogen-bond acceptors (Lipinski definition) is 3. The molecule has 0 aliphatic rings. The summed E-state index contributed by atoms with van der Waals surface area (Å²) in [6.07, 6.45) is 1.67. The molecule has 1 atom stereocenters. The molecule has 3 N–H and O–H groups in total. The summed E-state index contributed by atoms with van der Waals surface area (Å²) in [7, 11) is 3.40. The van der Waals surface area contributed by atoms with Crippen LogP contribution in [0.1, 0.15) is 35.7 Å². The molecule has 1 aromatic carbocycles. The van der Waals surface area contributed by atoms with Gasteiger partial charge >= 0.3 is 0 Å². The maximum atomic E-state index is 12.2. The summed E-state index contributed by atoms with van der Waals surface area (Å²) in [5, 5.41) is 2.89. The zero-order valence-electron chi connectivity index (χ0n) is 13.3. The van der Waals surface area contributed by atoms with Crippen LogP contribution in [0, 0.1) is 12.8 Å². The summed E-state index contributed by atoms with van der Waals surface area (Å²) >= 11 is 0. The topological polar surface area (TPSA) is 75.4 Å². The Labute approximate surface area is 126 Å². The number of benzene rings is 1. The zero-order chi connectivity index (χ0) is 16.0. The molecule has 0 bridgehead atoms. The first-order valence-electron chi connectivity index (χ1n) is 7.23. The van der Waals surface area contributed by atoms with Crippen molar-refractivity contribution in [1.29, 1.82) is 0 Å². The maximum Gasteiger partial charge on any atom is 0.253 e. The lowest BCUT2D eigenvalue weighted by molar-refractivity contribution is -0.119. The maximum absolute atomic E-state index is 12.2. The third-order valence-electron chi connectivity index (χ3n) is 3.44. The Kier molecular flexibility index (Phi) is 6.37. The third-order valence-corrected chi connectivity index (χ3v) is 3.44. The number of carbonyl (C=O) groups is 2. The molecular weight excluding hydrogens is 266 g/mol.